The van der Waals surface area contributed by atoms with Crippen LogP contribution in [0.25, 0.3) is 0 Å². The van der Waals surface area contributed by atoms with Gasteiger partial charge in [-0.2, -0.15) is 0 Å². The highest BCUT2D eigenvalue weighted by molar-refractivity contribution is 5.76. The maximum atomic E-state index is 11.3. The molecule has 92 valence electrons. The standard InChI is InChI=1S/C15H15NO2/c1-2-15(17)18-14-11-7-6-10-13(14)16-12-8-4-3-5-9-12/h3-11,16H,2H2,1H3. The van der Waals surface area contributed by atoms with Crippen molar-refractivity contribution in [2.75, 3.05) is 5.32 Å². The summed E-state index contributed by atoms with van der Waals surface area (Å²) in [4.78, 5) is 11.3. The van der Waals surface area contributed by atoms with Gasteiger partial charge in [-0.05, 0) is 24.3 Å². The zero-order valence-electron chi connectivity index (χ0n) is 10.2. The molecule has 0 bridgehead atoms. The molecule has 3 nitrogen and oxygen atoms in total. The van der Waals surface area contributed by atoms with Crippen LogP contribution in [0, 0.1) is 0 Å². The normalized spacial score (nSPS) is 9.83. The zero-order valence-corrected chi connectivity index (χ0v) is 10.2. The van der Waals surface area contributed by atoms with Crippen molar-refractivity contribution < 1.29 is 9.53 Å². The molecule has 1 N–H and O–H groups in total. The molecule has 18 heavy (non-hydrogen) atoms. The van der Waals surface area contributed by atoms with Gasteiger partial charge in [-0.25, -0.2) is 0 Å². The second kappa shape index (κ2) is 5.87. The van der Waals surface area contributed by atoms with Crippen LogP contribution < -0.4 is 10.1 Å². The van der Waals surface area contributed by atoms with Crippen LogP contribution in [-0.4, -0.2) is 5.97 Å². The Kier molecular flexibility index (Phi) is 3.97. The van der Waals surface area contributed by atoms with Crippen molar-refractivity contribution in [3.05, 3.63) is 54.6 Å². The predicted octanol–water partition coefficient (Wildman–Crippen LogP) is 3.75. The lowest BCUT2D eigenvalue weighted by Gasteiger charge is -2.11. The number of hydrogen-bond acceptors (Lipinski definition) is 3. The van der Waals surface area contributed by atoms with Crippen molar-refractivity contribution in [2.45, 2.75) is 13.3 Å². The second-order valence-corrected chi connectivity index (χ2v) is 3.81. The van der Waals surface area contributed by atoms with Gasteiger partial charge < -0.3 is 10.1 Å². The van der Waals surface area contributed by atoms with E-state index in [0.29, 0.717) is 12.2 Å². The zero-order chi connectivity index (χ0) is 12.8. The summed E-state index contributed by atoms with van der Waals surface area (Å²) in [5, 5.41) is 3.22. The first-order valence-corrected chi connectivity index (χ1v) is 5.91. The fraction of sp³-hybridized carbons (Fsp3) is 0.133. The Morgan fingerprint density at radius 3 is 2.44 bits per heavy atom. The molecule has 0 aliphatic carbocycles. The van der Waals surface area contributed by atoms with Gasteiger partial charge >= 0.3 is 5.97 Å². The number of rotatable bonds is 4. The third-order valence-electron chi connectivity index (χ3n) is 2.45. The molecule has 0 amide bonds. The van der Waals surface area contributed by atoms with Gasteiger partial charge in [0.1, 0.15) is 0 Å². The Labute approximate surface area is 106 Å². The molecule has 0 fully saturated rings. The number of nitrogens with one attached hydrogen (secondary N) is 1. The first kappa shape index (κ1) is 12.2. The van der Waals surface area contributed by atoms with Crippen molar-refractivity contribution in [1.82, 2.24) is 0 Å². The highest BCUT2D eigenvalue weighted by atomic mass is 16.5. The van der Waals surface area contributed by atoms with E-state index in [0.717, 1.165) is 11.4 Å². The summed E-state index contributed by atoms with van der Waals surface area (Å²) >= 11 is 0. The molecule has 3 heteroatoms. The Balaban J connectivity index is 2.20. The fourth-order valence-corrected chi connectivity index (χ4v) is 1.53. The van der Waals surface area contributed by atoms with Crippen molar-refractivity contribution in [3.8, 4) is 5.75 Å². The van der Waals surface area contributed by atoms with Crippen LogP contribution >= 0.6 is 0 Å². The van der Waals surface area contributed by atoms with E-state index in [-0.39, 0.29) is 5.97 Å². The molecule has 0 saturated carbocycles. The van der Waals surface area contributed by atoms with Gasteiger partial charge in [0, 0.05) is 12.1 Å². The van der Waals surface area contributed by atoms with Crippen molar-refractivity contribution in [2.24, 2.45) is 0 Å². The summed E-state index contributed by atoms with van der Waals surface area (Å²) in [6.45, 7) is 1.77. The minimum atomic E-state index is -0.239. The number of hydrogen-bond donors (Lipinski definition) is 1. The van der Waals surface area contributed by atoms with E-state index >= 15 is 0 Å². The van der Waals surface area contributed by atoms with Gasteiger partial charge in [-0.15, -0.1) is 0 Å². The van der Waals surface area contributed by atoms with Crippen molar-refractivity contribution in [1.29, 1.82) is 0 Å². The average molecular weight is 241 g/mol. The molecule has 0 aliphatic rings. The lowest BCUT2D eigenvalue weighted by atomic mass is 10.2. The summed E-state index contributed by atoms with van der Waals surface area (Å²) < 4.78 is 5.27. The number of esters is 1. The van der Waals surface area contributed by atoms with E-state index in [2.05, 4.69) is 5.32 Å². The molecular weight excluding hydrogens is 226 g/mol. The van der Waals surface area contributed by atoms with Crippen molar-refractivity contribution in [3.63, 3.8) is 0 Å². The summed E-state index contributed by atoms with van der Waals surface area (Å²) in [6, 6.07) is 17.2. The van der Waals surface area contributed by atoms with Crippen LogP contribution in [0.4, 0.5) is 11.4 Å². The number of anilines is 2. The van der Waals surface area contributed by atoms with Gasteiger partial charge in [-0.1, -0.05) is 37.3 Å². The molecule has 0 unspecified atom stereocenters. The largest absolute Gasteiger partial charge is 0.424 e. The lowest BCUT2D eigenvalue weighted by molar-refractivity contribution is -0.133. The van der Waals surface area contributed by atoms with Crippen LogP contribution in [0.5, 0.6) is 5.75 Å². The molecule has 0 saturated heterocycles. The first-order valence-electron chi connectivity index (χ1n) is 5.91. The number of carbonyl (C=O) groups excluding carboxylic acids is 1. The van der Waals surface area contributed by atoms with Crippen LogP contribution in [0.3, 0.4) is 0 Å². The fourth-order valence-electron chi connectivity index (χ4n) is 1.53. The maximum Gasteiger partial charge on any atom is 0.310 e. The third kappa shape index (κ3) is 3.10. The molecule has 2 aromatic rings. The Morgan fingerprint density at radius 1 is 1.06 bits per heavy atom. The number of para-hydroxylation sites is 3. The quantitative estimate of drug-likeness (QED) is 0.654. The van der Waals surface area contributed by atoms with Crippen molar-refractivity contribution >= 4 is 17.3 Å². The van der Waals surface area contributed by atoms with Crippen LogP contribution in [0.1, 0.15) is 13.3 Å². The molecule has 0 aliphatic heterocycles. The summed E-state index contributed by atoms with van der Waals surface area (Å²) in [5.41, 5.74) is 1.74. The average Bonchev–Trinajstić information content (AvgIpc) is 2.42. The minimum Gasteiger partial charge on any atom is -0.424 e. The monoisotopic (exact) mass is 241 g/mol. The van der Waals surface area contributed by atoms with Gasteiger partial charge in [0.15, 0.2) is 5.75 Å². The lowest BCUT2D eigenvalue weighted by Crippen LogP contribution is -2.07. The van der Waals surface area contributed by atoms with E-state index in [4.69, 9.17) is 4.74 Å². The second-order valence-electron chi connectivity index (χ2n) is 3.81. The number of carbonyl (C=O) groups is 1. The van der Waals surface area contributed by atoms with E-state index in [9.17, 15) is 4.79 Å². The Morgan fingerprint density at radius 2 is 1.72 bits per heavy atom. The highest BCUT2D eigenvalue weighted by Crippen LogP contribution is 2.27. The number of ether oxygens (including phenoxy) is 1. The van der Waals surface area contributed by atoms with Crippen LogP contribution in [0.15, 0.2) is 54.6 Å². The molecule has 0 aromatic heterocycles. The predicted molar refractivity (Wildman–Crippen MR) is 72.1 cm³/mol. The van der Waals surface area contributed by atoms with Gasteiger partial charge in [-0.3, -0.25) is 4.79 Å². The summed E-state index contributed by atoms with van der Waals surface area (Å²) in [5.74, 6) is 0.311. The molecule has 0 heterocycles. The smallest absolute Gasteiger partial charge is 0.310 e. The first-order chi connectivity index (χ1) is 8.79. The van der Waals surface area contributed by atoms with E-state index in [1.54, 1.807) is 13.0 Å². The Hall–Kier alpha value is -2.29. The molecule has 0 radical (unpaired) electrons. The van der Waals surface area contributed by atoms with E-state index in [1.807, 2.05) is 48.5 Å². The van der Waals surface area contributed by atoms with Crippen LogP contribution in [-0.2, 0) is 4.79 Å². The Bertz CT molecular complexity index is 523. The molecular formula is C15H15NO2. The summed E-state index contributed by atoms with van der Waals surface area (Å²) in [7, 11) is 0. The van der Waals surface area contributed by atoms with Gasteiger partial charge in [0.05, 0.1) is 5.69 Å². The SMILES string of the molecule is CCC(=O)Oc1ccccc1Nc1ccccc1. The van der Waals surface area contributed by atoms with Gasteiger partial charge in [0.25, 0.3) is 0 Å². The summed E-state index contributed by atoms with van der Waals surface area (Å²) in [6.07, 6.45) is 0.361. The molecule has 2 rings (SSSR count). The number of benzene rings is 2. The maximum absolute atomic E-state index is 11.3. The van der Waals surface area contributed by atoms with E-state index < -0.39 is 0 Å². The van der Waals surface area contributed by atoms with E-state index in [1.165, 1.54) is 0 Å². The topological polar surface area (TPSA) is 38.3 Å². The van der Waals surface area contributed by atoms with Crippen LogP contribution in [0.2, 0.25) is 0 Å². The molecule has 0 atom stereocenters. The highest BCUT2D eigenvalue weighted by Gasteiger charge is 2.07. The van der Waals surface area contributed by atoms with Gasteiger partial charge in [0.2, 0.25) is 0 Å². The molecule has 0 spiro atoms. The molecule has 2 aromatic carbocycles. The third-order valence-corrected chi connectivity index (χ3v) is 2.45. The minimum absolute atomic E-state index is 0.239.